The number of benzene rings is 2. The van der Waals surface area contributed by atoms with Gasteiger partial charge in [-0.25, -0.2) is 8.78 Å². The van der Waals surface area contributed by atoms with E-state index >= 15 is 4.39 Å². The van der Waals surface area contributed by atoms with Crippen LogP contribution < -0.4 is 0 Å². The lowest BCUT2D eigenvalue weighted by Gasteiger charge is -2.29. The molecule has 2 heteroatoms. The zero-order valence-electron chi connectivity index (χ0n) is 17.5. The molecule has 0 amide bonds. The Bertz CT molecular complexity index is 855. The molecule has 2 aliphatic carbocycles. The van der Waals surface area contributed by atoms with E-state index in [1.54, 1.807) is 12.1 Å². The van der Waals surface area contributed by atoms with Gasteiger partial charge in [-0.1, -0.05) is 81.4 Å². The molecule has 2 aliphatic rings. The molecule has 0 saturated heterocycles. The molecule has 0 nitrogen and oxygen atoms in total. The fraction of sp³-hybridized carbons (Fsp3) is 0.481. The summed E-state index contributed by atoms with van der Waals surface area (Å²) in [5.41, 5.74) is 4.72. The van der Waals surface area contributed by atoms with Crippen molar-refractivity contribution in [3.8, 4) is 11.1 Å². The van der Waals surface area contributed by atoms with E-state index in [0.717, 1.165) is 41.4 Å². The van der Waals surface area contributed by atoms with E-state index in [9.17, 15) is 4.39 Å². The van der Waals surface area contributed by atoms with E-state index < -0.39 is 0 Å². The zero-order chi connectivity index (χ0) is 20.2. The molecule has 0 aromatic heterocycles. The largest absolute Gasteiger partial charge is 0.207 e. The van der Waals surface area contributed by atoms with Crippen LogP contribution in [0.25, 0.3) is 11.1 Å². The van der Waals surface area contributed by atoms with Crippen LogP contribution >= 0.6 is 0 Å². The van der Waals surface area contributed by atoms with E-state index in [1.165, 1.54) is 62.7 Å². The van der Waals surface area contributed by atoms with Gasteiger partial charge in [0, 0.05) is 5.56 Å². The molecule has 1 saturated carbocycles. The minimum Gasteiger partial charge on any atom is -0.207 e. The monoisotopic (exact) mass is 394 g/mol. The van der Waals surface area contributed by atoms with Crippen LogP contribution in [-0.2, 0) is 12.8 Å². The van der Waals surface area contributed by atoms with Gasteiger partial charge in [-0.15, -0.1) is 0 Å². The molecule has 0 heterocycles. The van der Waals surface area contributed by atoms with Crippen LogP contribution in [0, 0.1) is 23.5 Å². The number of rotatable bonds is 6. The number of fused-ring (bicyclic) bond motifs is 1. The molecular formula is C27H32F2. The molecule has 0 N–H and O–H groups in total. The van der Waals surface area contributed by atoms with Gasteiger partial charge in [0.05, 0.1) is 0 Å². The van der Waals surface area contributed by atoms with Crippen LogP contribution in [0.3, 0.4) is 0 Å². The third-order valence-electron chi connectivity index (χ3n) is 7.04. The summed E-state index contributed by atoms with van der Waals surface area (Å²) in [6.45, 7) is 2.30. The molecule has 0 radical (unpaired) electrons. The smallest absolute Gasteiger partial charge is 0.134 e. The van der Waals surface area contributed by atoms with Crippen molar-refractivity contribution in [3.63, 3.8) is 0 Å². The van der Waals surface area contributed by atoms with Crippen molar-refractivity contribution < 1.29 is 8.78 Å². The summed E-state index contributed by atoms with van der Waals surface area (Å²) in [4.78, 5) is 0. The van der Waals surface area contributed by atoms with E-state index in [2.05, 4.69) is 19.1 Å². The van der Waals surface area contributed by atoms with Gasteiger partial charge >= 0.3 is 0 Å². The number of hydrogen-bond acceptors (Lipinski definition) is 0. The topological polar surface area (TPSA) is 0 Å². The van der Waals surface area contributed by atoms with Crippen molar-refractivity contribution in [2.45, 2.75) is 71.1 Å². The molecule has 4 rings (SSSR count). The van der Waals surface area contributed by atoms with E-state index in [1.807, 2.05) is 6.07 Å². The van der Waals surface area contributed by atoms with Crippen LogP contribution in [0.4, 0.5) is 8.78 Å². The highest BCUT2D eigenvalue weighted by atomic mass is 19.1. The Morgan fingerprint density at radius 3 is 2.24 bits per heavy atom. The lowest BCUT2D eigenvalue weighted by Crippen LogP contribution is -2.15. The summed E-state index contributed by atoms with van der Waals surface area (Å²) in [5.74, 6) is 1.41. The SMILES string of the molecule is CCCC1CCC(CCC2=CCc3c(ccc(-c4ccc(F)cc4)c3F)C2)CC1. The predicted octanol–water partition coefficient (Wildman–Crippen LogP) is 8.04. The van der Waals surface area contributed by atoms with Crippen LogP contribution in [0.1, 0.15) is 69.4 Å². The number of halogens is 2. The lowest BCUT2D eigenvalue weighted by molar-refractivity contribution is 0.252. The van der Waals surface area contributed by atoms with Crippen LogP contribution in [-0.4, -0.2) is 0 Å². The molecule has 0 aliphatic heterocycles. The van der Waals surface area contributed by atoms with Gasteiger partial charge in [-0.3, -0.25) is 0 Å². The maximum atomic E-state index is 15.1. The second-order valence-corrected chi connectivity index (χ2v) is 9.03. The van der Waals surface area contributed by atoms with Crippen LogP contribution in [0.15, 0.2) is 48.0 Å². The predicted molar refractivity (Wildman–Crippen MR) is 117 cm³/mol. The first-order valence-electron chi connectivity index (χ1n) is 11.4. The van der Waals surface area contributed by atoms with Crippen molar-refractivity contribution in [2.24, 2.45) is 11.8 Å². The van der Waals surface area contributed by atoms with Gasteiger partial charge in [0.25, 0.3) is 0 Å². The second kappa shape index (κ2) is 9.24. The fourth-order valence-corrected chi connectivity index (χ4v) is 5.26. The average molecular weight is 395 g/mol. The molecular weight excluding hydrogens is 362 g/mol. The Hall–Kier alpha value is -1.96. The number of allylic oxidation sites excluding steroid dienone is 2. The molecule has 0 atom stereocenters. The molecule has 2 aromatic carbocycles. The highest BCUT2D eigenvalue weighted by Crippen LogP contribution is 2.36. The molecule has 29 heavy (non-hydrogen) atoms. The Labute approximate surface area is 174 Å². The average Bonchev–Trinajstić information content (AvgIpc) is 2.74. The summed E-state index contributed by atoms with van der Waals surface area (Å²) in [5, 5.41) is 0. The Morgan fingerprint density at radius 1 is 0.862 bits per heavy atom. The van der Waals surface area contributed by atoms with Gasteiger partial charge in [-0.05, 0) is 66.3 Å². The summed E-state index contributed by atoms with van der Waals surface area (Å²) in [6, 6.07) is 10.0. The number of hydrogen-bond donors (Lipinski definition) is 0. The minimum absolute atomic E-state index is 0.140. The normalized spacial score (nSPS) is 21.6. The van der Waals surface area contributed by atoms with E-state index in [4.69, 9.17) is 0 Å². The summed E-state index contributed by atoms with van der Waals surface area (Å²) >= 11 is 0. The molecule has 0 bridgehead atoms. The Balaban J connectivity index is 1.37. The standard InChI is InChI=1S/C27H32F2/c1-2-3-19-4-6-20(7-5-19)8-9-21-10-16-26-23(18-21)13-17-25(27(26)29)22-11-14-24(28)15-12-22/h10-15,17,19-20H,2-9,16,18H2,1H3. The van der Waals surface area contributed by atoms with Crippen LogP contribution in [0.5, 0.6) is 0 Å². The van der Waals surface area contributed by atoms with Crippen molar-refractivity contribution >= 4 is 0 Å². The Kier molecular flexibility index (Phi) is 6.47. The molecule has 2 aromatic rings. The van der Waals surface area contributed by atoms with Gasteiger partial charge in [-0.2, -0.15) is 0 Å². The third kappa shape index (κ3) is 4.79. The highest BCUT2D eigenvalue weighted by Gasteiger charge is 2.22. The van der Waals surface area contributed by atoms with Gasteiger partial charge in [0.1, 0.15) is 11.6 Å². The van der Waals surface area contributed by atoms with Crippen molar-refractivity contribution in [1.29, 1.82) is 0 Å². The summed E-state index contributed by atoms with van der Waals surface area (Å²) < 4.78 is 28.3. The van der Waals surface area contributed by atoms with Crippen molar-refractivity contribution in [3.05, 3.63) is 70.8 Å². The fourth-order valence-electron chi connectivity index (χ4n) is 5.26. The maximum Gasteiger partial charge on any atom is 0.134 e. The first-order chi connectivity index (χ1) is 14.1. The van der Waals surface area contributed by atoms with Crippen molar-refractivity contribution in [2.75, 3.05) is 0 Å². The first kappa shape index (κ1) is 20.3. The Morgan fingerprint density at radius 2 is 1.55 bits per heavy atom. The molecule has 0 unspecified atom stereocenters. The lowest BCUT2D eigenvalue weighted by atomic mass is 9.77. The second-order valence-electron chi connectivity index (χ2n) is 9.03. The minimum atomic E-state index is -0.293. The van der Waals surface area contributed by atoms with Gasteiger partial charge in [0.15, 0.2) is 0 Å². The third-order valence-corrected chi connectivity index (χ3v) is 7.04. The molecule has 154 valence electrons. The van der Waals surface area contributed by atoms with Crippen molar-refractivity contribution in [1.82, 2.24) is 0 Å². The first-order valence-corrected chi connectivity index (χ1v) is 11.4. The summed E-state index contributed by atoms with van der Waals surface area (Å²) in [6.07, 6.45) is 14.6. The van der Waals surface area contributed by atoms with E-state index in [-0.39, 0.29) is 11.6 Å². The van der Waals surface area contributed by atoms with Gasteiger partial charge < -0.3 is 0 Å². The zero-order valence-corrected chi connectivity index (χ0v) is 17.5. The molecule has 0 spiro atoms. The quantitative estimate of drug-likeness (QED) is 0.435. The van der Waals surface area contributed by atoms with Gasteiger partial charge in [0.2, 0.25) is 0 Å². The van der Waals surface area contributed by atoms with Crippen LogP contribution in [0.2, 0.25) is 0 Å². The highest BCUT2D eigenvalue weighted by molar-refractivity contribution is 5.66. The summed E-state index contributed by atoms with van der Waals surface area (Å²) in [7, 11) is 0. The maximum absolute atomic E-state index is 15.1. The molecule has 1 fully saturated rings. The van der Waals surface area contributed by atoms with E-state index in [0.29, 0.717) is 12.0 Å².